The van der Waals surface area contributed by atoms with Crippen LogP contribution in [0.4, 0.5) is 14.9 Å². The minimum absolute atomic E-state index is 0.000969. The summed E-state index contributed by atoms with van der Waals surface area (Å²) in [5.41, 5.74) is 0.156. The Morgan fingerprint density at radius 3 is 3.00 bits per heavy atom. The highest BCUT2D eigenvalue weighted by atomic mass is 32.1. The third kappa shape index (κ3) is 4.98. The van der Waals surface area contributed by atoms with Crippen molar-refractivity contribution in [1.82, 2.24) is 5.32 Å². The van der Waals surface area contributed by atoms with E-state index in [4.69, 9.17) is 11.2 Å². The fourth-order valence-electron chi connectivity index (χ4n) is 1.78. The number of anilines is 1. The number of hydrogen-bond donors (Lipinski definition) is 3. The Balaban J connectivity index is 1.94. The number of aliphatic hydroxyl groups excluding tert-OH is 1. The fourth-order valence-corrected chi connectivity index (χ4v) is 2.49. The number of urea groups is 1. The van der Waals surface area contributed by atoms with Gasteiger partial charge in [0.2, 0.25) is 0 Å². The van der Waals surface area contributed by atoms with Gasteiger partial charge < -0.3 is 20.5 Å². The maximum Gasteiger partial charge on any atom is 0.319 e. The van der Waals surface area contributed by atoms with Gasteiger partial charge >= 0.3 is 6.03 Å². The highest BCUT2D eigenvalue weighted by Crippen LogP contribution is 2.25. The Hall–Kier alpha value is -2.56. The van der Waals surface area contributed by atoms with Gasteiger partial charge in [-0.05, 0) is 23.6 Å². The van der Waals surface area contributed by atoms with Crippen LogP contribution in [0.1, 0.15) is 11.0 Å². The van der Waals surface area contributed by atoms with E-state index in [1.165, 1.54) is 23.5 Å². The molecule has 0 aliphatic rings. The van der Waals surface area contributed by atoms with Gasteiger partial charge in [-0.1, -0.05) is 12.0 Å². The summed E-state index contributed by atoms with van der Waals surface area (Å²) in [7, 11) is 0. The fraction of sp³-hybridized carbons (Fsp3) is 0.188. The molecule has 0 unspecified atom stereocenters. The van der Waals surface area contributed by atoms with Crippen LogP contribution in [0.15, 0.2) is 35.7 Å². The first kappa shape index (κ1) is 16.8. The number of hydrogen-bond acceptors (Lipinski definition) is 4. The Bertz CT molecular complexity index is 698. The van der Waals surface area contributed by atoms with Gasteiger partial charge in [0.25, 0.3) is 0 Å². The lowest BCUT2D eigenvalue weighted by atomic mass is 10.3. The Labute approximate surface area is 137 Å². The second-order valence-corrected chi connectivity index (χ2v) is 5.48. The van der Waals surface area contributed by atoms with Crippen molar-refractivity contribution in [3.05, 3.63) is 46.4 Å². The number of nitrogens with one attached hydrogen (secondary N) is 2. The summed E-state index contributed by atoms with van der Waals surface area (Å²) in [6, 6.07) is 6.70. The number of amides is 2. The molecule has 1 heterocycles. The van der Waals surface area contributed by atoms with Gasteiger partial charge in [0.1, 0.15) is 24.3 Å². The van der Waals surface area contributed by atoms with Crippen LogP contribution in [-0.2, 0) is 0 Å². The topological polar surface area (TPSA) is 70.6 Å². The zero-order valence-electron chi connectivity index (χ0n) is 12.1. The number of ether oxygens (including phenoxy) is 1. The predicted octanol–water partition coefficient (Wildman–Crippen LogP) is 2.75. The SMILES string of the molecule is C#CCOc1ccc(F)cc1NC(=O)NC[C@@H](O)c1cccs1. The van der Waals surface area contributed by atoms with Gasteiger partial charge in [-0.3, -0.25) is 0 Å². The van der Waals surface area contributed by atoms with Crippen LogP contribution >= 0.6 is 11.3 Å². The van der Waals surface area contributed by atoms with E-state index < -0.39 is 18.0 Å². The first-order valence-corrected chi connectivity index (χ1v) is 7.60. The van der Waals surface area contributed by atoms with Crippen LogP contribution in [0, 0.1) is 18.2 Å². The molecule has 0 spiro atoms. The van der Waals surface area contributed by atoms with E-state index in [1.54, 1.807) is 6.07 Å². The van der Waals surface area contributed by atoms with Crippen LogP contribution < -0.4 is 15.4 Å². The highest BCUT2D eigenvalue weighted by Gasteiger charge is 2.12. The van der Waals surface area contributed by atoms with E-state index in [0.29, 0.717) is 0 Å². The second-order valence-electron chi connectivity index (χ2n) is 4.50. The number of benzene rings is 1. The minimum Gasteiger partial charge on any atom is -0.479 e. The molecule has 0 aliphatic heterocycles. The molecule has 120 valence electrons. The number of carbonyl (C=O) groups excluding carboxylic acids is 1. The lowest BCUT2D eigenvalue weighted by Gasteiger charge is -2.13. The molecular formula is C16H15FN2O3S. The molecule has 0 saturated heterocycles. The maximum absolute atomic E-state index is 13.3. The largest absolute Gasteiger partial charge is 0.479 e. The lowest BCUT2D eigenvalue weighted by Crippen LogP contribution is -2.32. The third-order valence-electron chi connectivity index (χ3n) is 2.83. The Morgan fingerprint density at radius 2 is 2.30 bits per heavy atom. The molecule has 0 fully saturated rings. The van der Waals surface area contributed by atoms with Gasteiger partial charge in [0.05, 0.1) is 12.2 Å². The summed E-state index contributed by atoms with van der Waals surface area (Å²) in [6.45, 7) is 0.0290. The van der Waals surface area contributed by atoms with Crippen LogP contribution in [0.5, 0.6) is 5.75 Å². The van der Waals surface area contributed by atoms with Crippen LogP contribution in [0.3, 0.4) is 0 Å². The standard InChI is InChI=1S/C16H15FN2O3S/c1-2-7-22-14-6-5-11(17)9-12(14)19-16(21)18-10-13(20)15-4-3-8-23-15/h1,3-6,8-9,13,20H,7,10H2,(H2,18,19,21)/t13-/m1/s1. The van der Waals surface area contributed by atoms with E-state index in [2.05, 4.69) is 16.6 Å². The molecule has 23 heavy (non-hydrogen) atoms. The van der Waals surface area contributed by atoms with Gasteiger partial charge in [-0.15, -0.1) is 17.8 Å². The van der Waals surface area contributed by atoms with E-state index >= 15 is 0 Å². The second kappa shape index (κ2) is 8.17. The van der Waals surface area contributed by atoms with Crippen molar-refractivity contribution in [2.75, 3.05) is 18.5 Å². The zero-order valence-corrected chi connectivity index (χ0v) is 12.9. The van der Waals surface area contributed by atoms with Crippen molar-refractivity contribution in [2.45, 2.75) is 6.10 Å². The van der Waals surface area contributed by atoms with Gasteiger partial charge in [0.15, 0.2) is 0 Å². The van der Waals surface area contributed by atoms with Crippen LogP contribution in [-0.4, -0.2) is 24.3 Å². The number of terminal acetylenes is 1. The first-order chi connectivity index (χ1) is 11.1. The molecule has 2 rings (SSSR count). The summed E-state index contributed by atoms with van der Waals surface area (Å²) in [6.07, 6.45) is 4.31. The van der Waals surface area contributed by atoms with Gasteiger partial charge in [0, 0.05) is 10.9 Å². The van der Waals surface area contributed by atoms with E-state index in [9.17, 15) is 14.3 Å². The first-order valence-electron chi connectivity index (χ1n) is 6.72. The molecule has 0 saturated carbocycles. The van der Waals surface area contributed by atoms with E-state index in [0.717, 1.165) is 10.9 Å². The number of rotatable bonds is 6. The Kier molecular flexibility index (Phi) is 5.97. The average Bonchev–Trinajstić information content (AvgIpc) is 3.06. The molecule has 0 aliphatic carbocycles. The molecule has 0 bridgehead atoms. The molecule has 2 aromatic rings. The molecule has 1 aromatic heterocycles. The van der Waals surface area contributed by atoms with Crippen LogP contribution in [0.25, 0.3) is 0 Å². The molecule has 1 aromatic carbocycles. The van der Waals surface area contributed by atoms with Crippen molar-refractivity contribution >= 4 is 23.1 Å². The average molecular weight is 334 g/mol. The number of halogens is 1. The number of carbonyl (C=O) groups is 1. The van der Waals surface area contributed by atoms with Gasteiger partial charge in [-0.25, -0.2) is 9.18 Å². The van der Waals surface area contributed by atoms with E-state index in [-0.39, 0.29) is 24.6 Å². The van der Waals surface area contributed by atoms with Crippen molar-refractivity contribution in [2.24, 2.45) is 0 Å². The van der Waals surface area contributed by atoms with Crippen molar-refractivity contribution < 1.29 is 19.0 Å². The van der Waals surface area contributed by atoms with E-state index in [1.807, 2.05) is 11.4 Å². The zero-order chi connectivity index (χ0) is 16.7. The summed E-state index contributed by atoms with van der Waals surface area (Å²) < 4.78 is 18.5. The Morgan fingerprint density at radius 1 is 1.48 bits per heavy atom. The third-order valence-corrected chi connectivity index (χ3v) is 3.80. The highest BCUT2D eigenvalue weighted by molar-refractivity contribution is 7.10. The summed E-state index contributed by atoms with van der Waals surface area (Å²) in [5.74, 6) is 2.03. The number of aliphatic hydroxyl groups is 1. The van der Waals surface area contributed by atoms with Crippen molar-refractivity contribution in [3.8, 4) is 18.1 Å². The van der Waals surface area contributed by atoms with Crippen molar-refractivity contribution in [1.29, 1.82) is 0 Å². The minimum atomic E-state index is -0.801. The summed E-state index contributed by atoms with van der Waals surface area (Å²) >= 11 is 1.39. The van der Waals surface area contributed by atoms with Crippen LogP contribution in [0.2, 0.25) is 0 Å². The molecule has 3 N–H and O–H groups in total. The smallest absolute Gasteiger partial charge is 0.319 e. The predicted molar refractivity (Wildman–Crippen MR) is 87.0 cm³/mol. The molecule has 1 atom stereocenters. The lowest BCUT2D eigenvalue weighted by molar-refractivity contribution is 0.178. The molecule has 0 radical (unpaired) electrons. The molecule has 2 amide bonds. The van der Waals surface area contributed by atoms with Crippen molar-refractivity contribution in [3.63, 3.8) is 0 Å². The molecular weight excluding hydrogens is 319 g/mol. The van der Waals surface area contributed by atoms with Gasteiger partial charge in [-0.2, -0.15) is 0 Å². The maximum atomic E-state index is 13.3. The molecule has 7 heteroatoms. The quantitative estimate of drug-likeness (QED) is 0.712. The number of thiophene rings is 1. The summed E-state index contributed by atoms with van der Waals surface area (Å²) in [5, 5.41) is 16.7. The monoisotopic (exact) mass is 334 g/mol. The normalized spacial score (nSPS) is 11.3. The summed E-state index contributed by atoms with van der Waals surface area (Å²) in [4.78, 5) is 12.6. The molecule has 5 nitrogen and oxygen atoms in total.